The van der Waals surface area contributed by atoms with Crippen LogP contribution >= 0.6 is 0 Å². The van der Waals surface area contributed by atoms with Gasteiger partial charge in [-0.25, -0.2) is 8.42 Å². The Morgan fingerprint density at radius 1 is 1.14 bits per heavy atom. The fourth-order valence-corrected chi connectivity index (χ4v) is 4.79. The summed E-state index contributed by atoms with van der Waals surface area (Å²) in [5.41, 5.74) is 7.64. The average Bonchev–Trinajstić information content (AvgIpc) is 2.49. The molecule has 2 rings (SSSR count). The second-order valence-electron chi connectivity index (χ2n) is 6.21. The highest BCUT2D eigenvalue weighted by molar-refractivity contribution is 7.89. The number of sulfonamides is 1. The Kier molecular flexibility index (Phi) is 4.76. The lowest BCUT2D eigenvalue weighted by atomic mass is 9.82. The molecule has 0 bridgehead atoms. The van der Waals surface area contributed by atoms with E-state index in [4.69, 9.17) is 5.73 Å². The van der Waals surface area contributed by atoms with Gasteiger partial charge in [0.25, 0.3) is 0 Å². The van der Waals surface area contributed by atoms with E-state index in [1.54, 1.807) is 19.2 Å². The third-order valence-electron chi connectivity index (χ3n) is 4.97. The summed E-state index contributed by atoms with van der Waals surface area (Å²) in [6.45, 7) is 4.30. The van der Waals surface area contributed by atoms with Gasteiger partial charge < -0.3 is 5.73 Å². The van der Waals surface area contributed by atoms with Crippen molar-refractivity contribution in [3.63, 3.8) is 0 Å². The highest BCUT2D eigenvalue weighted by atomic mass is 32.2. The summed E-state index contributed by atoms with van der Waals surface area (Å²) in [5.74, 6) is 0. The van der Waals surface area contributed by atoms with Gasteiger partial charge in [0.15, 0.2) is 0 Å². The fraction of sp³-hybridized carbons (Fsp3) is 0.625. The van der Waals surface area contributed by atoms with Crippen molar-refractivity contribution in [1.82, 2.24) is 4.31 Å². The van der Waals surface area contributed by atoms with E-state index in [9.17, 15) is 8.42 Å². The molecule has 0 heterocycles. The van der Waals surface area contributed by atoms with E-state index in [1.165, 1.54) is 10.7 Å². The minimum atomic E-state index is -3.50. The predicted octanol–water partition coefficient (Wildman–Crippen LogP) is 2.59. The van der Waals surface area contributed by atoms with Gasteiger partial charge in [-0.2, -0.15) is 4.31 Å². The SMILES string of the molecule is Cc1ccc(S(=O)(=O)N(C)C2(CN)CCCCC2)cc1C. The molecule has 0 aromatic heterocycles. The van der Waals surface area contributed by atoms with Crippen LogP contribution < -0.4 is 5.73 Å². The predicted molar refractivity (Wildman–Crippen MR) is 85.7 cm³/mol. The molecule has 4 nitrogen and oxygen atoms in total. The summed E-state index contributed by atoms with van der Waals surface area (Å²) < 4.78 is 27.4. The Labute approximate surface area is 128 Å². The number of likely N-dealkylation sites (N-methyl/N-ethyl adjacent to an activating group) is 1. The lowest BCUT2D eigenvalue weighted by Crippen LogP contribution is -2.55. The summed E-state index contributed by atoms with van der Waals surface area (Å²) in [6, 6.07) is 5.32. The quantitative estimate of drug-likeness (QED) is 0.929. The Hall–Kier alpha value is -0.910. The number of rotatable bonds is 4. The van der Waals surface area contributed by atoms with E-state index in [0.29, 0.717) is 11.4 Å². The van der Waals surface area contributed by atoms with Gasteiger partial charge in [-0.15, -0.1) is 0 Å². The molecule has 0 spiro atoms. The molecule has 1 aliphatic rings. The van der Waals surface area contributed by atoms with E-state index < -0.39 is 15.6 Å². The average molecular weight is 310 g/mol. The molecule has 0 amide bonds. The first-order valence-electron chi connectivity index (χ1n) is 7.60. The molecule has 1 aliphatic carbocycles. The molecule has 21 heavy (non-hydrogen) atoms. The van der Waals surface area contributed by atoms with Crippen molar-refractivity contribution in [2.75, 3.05) is 13.6 Å². The normalized spacial score (nSPS) is 18.9. The smallest absolute Gasteiger partial charge is 0.243 e. The summed E-state index contributed by atoms with van der Waals surface area (Å²) in [6.07, 6.45) is 4.96. The minimum Gasteiger partial charge on any atom is -0.329 e. The second-order valence-corrected chi connectivity index (χ2v) is 8.18. The van der Waals surface area contributed by atoms with Crippen LogP contribution in [0.25, 0.3) is 0 Å². The highest BCUT2D eigenvalue weighted by Crippen LogP contribution is 2.35. The lowest BCUT2D eigenvalue weighted by molar-refractivity contribution is 0.159. The molecule has 0 unspecified atom stereocenters. The van der Waals surface area contributed by atoms with Crippen LogP contribution in [0.15, 0.2) is 23.1 Å². The maximum atomic E-state index is 12.9. The summed E-state index contributed by atoms with van der Waals surface area (Å²) in [5, 5.41) is 0. The number of nitrogens with zero attached hydrogens (tertiary/aromatic N) is 1. The van der Waals surface area contributed by atoms with Gasteiger partial charge in [-0.05, 0) is 49.9 Å². The van der Waals surface area contributed by atoms with Gasteiger partial charge in [0.1, 0.15) is 0 Å². The van der Waals surface area contributed by atoms with Crippen molar-refractivity contribution in [2.45, 2.75) is 56.4 Å². The van der Waals surface area contributed by atoms with Crippen molar-refractivity contribution < 1.29 is 8.42 Å². The maximum Gasteiger partial charge on any atom is 0.243 e. The first-order chi connectivity index (χ1) is 9.83. The molecular formula is C16H26N2O2S. The Balaban J connectivity index is 2.39. The molecule has 1 saturated carbocycles. The zero-order valence-corrected chi connectivity index (χ0v) is 14.0. The second kappa shape index (κ2) is 6.07. The number of aryl methyl sites for hydroxylation is 2. The molecule has 118 valence electrons. The van der Waals surface area contributed by atoms with Crippen LogP contribution in [0.3, 0.4) is 0 Å². The van der Waals surface area contributed by atoms with E-state index >= 15 is 0 Å². The van der Waals surface area contributed by atoms with Crippen molar-refractivity contribution in [3.8, 4) is 0 Å². The van der Waals surface area contributed by atoms with Crippen molar-refractivity contribution >= 4 is 10.0 Å². The van der Waals surface area contributed by atoms with Crippen LogP contribution in [0.2, 0.25) is 0 Å². The lowest BCUT2D eigenvalue weighted by Gasteiger charge is -2.43. The van der Waals surface area contributed by atoms with Crippen molar-refractivity contribution in [2.24, 2.45) is 5.73 Å². The van der Waals surface area contributed by atoms with E-state index in [1.807, 2.05) is 19.9 Å². The molecule has 1 fully saturated rings. The summed E-state index contributed by atoms with van der Waals surface area (Å²) >= 11 is 0. The Morgan fingerprint density at radius 3 is 2.29 bits per heavy atom. The van der Waals surface area contributed by atoms with Gasteiger partial charge in [-0.1, -0.05) is 25.3 Å². The van der Waals surface area contributed by atoms with Crippen LogP contribution in [-0.4, -0.2) is 31.9 Å². The monoisotopic (exact) mass is 310 g/mol. The minimum absolute atomic E-state index is 0.367. The molecule has 0 saturated heterocycles. The van der Waals surface area contributed by atoms with Gasteiger partial charge in [-0.3, -0.25) is 0 Å². The topological polar surface area (TPSA) is 63.4 Å². The molecule has 0 radical (unpaired) electrons. The molecule has 1 aromatic rings. The molecule has 0 aliphatic heterocycles. The number of hydrogen-bond donors (Lipinski definition) is 1. The fourth-order valence-electron chi connectivity index (χ4n) is 3.14. The summed E-state index contributed by atoms with van der Waals surface area (Å²) in [4.78, 5) is 0.367. The largest absolute Gasteiger partial charge is 0.329 e. The number of benzene rings is 1. The zero-order valence-electron chi connectivity index (χ0n) is 13.2. The molecule has 5 heteroatoms. The molecular weight excluding hydrogens is 284 g/mol. The van der Waals surface area contributed by atoms with E-state index in [-0.39, 0.29) is 0 Å². The van der Waals surface area contributed by atoms with E-state index in [2.05, 4.69) is 0 Å². The van der Waals surface area contributed by atoms with Gasteiger partial charge >= 0.3 is 0 Å². The van der Waals surface area contributed by atoms with Crippen LogP contribution in [-0.2, 0) is 10.0 Å². The van der Waals surface area contributed by atoms with Crippen LogP contribution in [0.1, 0.15) is 43.2 Å². The van der Waals surface area contributed by atoms with Crippen LogP contribution in [0, 0.1) is 13.8 Å². The van der Waals surface area contributed by atoms with E-state index in [0.717, 1.165) is 36.8 Å². The third-order valence-corrected chi connectivity index (χ3v) is 6.93. The van der Waals surface area contributed by atoms with Crippen molar-refractivity contribution in [1.29, 1.82) is 0 Å². The van der Waals surface area contributed by atoms with Crippen LogP contribution in [0.5, 0.6) is 0 Å². The summed E-state index contributed by atoms with van der Waals surface area (Å²) in [7, 11) is -1.81. The first-order valence-corrected chi connectivity index (χ1v) is 9.04. The maximum absolute atomic E-state index is 12.9. The zero-order chi connectivity index (χ0) is 15.7. The van der Waals surface area contributed by atoms with Gasteiger partial charge in [0.2, 0.25) is 10.0 Å². The Morgan fingerprint density at radius 2 is 1.76 bits per heavy atom. The third kappa shape index (κ3) is 3.00. The standard InChI is InChI=1S/C16H26N2O2S/c1-13-7-8-15(11-14(13)2)21(19,20)18(3)16(12-17)9-5-4-6-10-16/h7-8,11H,4-6,9-10,12,17H2,1-3H3. The van der Waals surface area contributed by atoms with Gasteiger partial charge in [0, 0.05) is 19.1 Å². The number of hydrogen-bond acceptors (Lipinski definition) is 3. The molecule has 1 aromatic carbocycles. The number of nitrogens with two attached hydrogens (primary N) is 1. The molecule has 0 atom stereocenters. The van der Waals surface area contributed by atoms with Crippen molar-refractivity contribution in [3.05, 3.63) is 29.3 Å². The molecule has 2 N–H and O–H groups in total. The highest BCUT2D eigenvalue weighted by Gasteiger charge is 2.41. The van der Waals surface area contributed by atoms with Gasteiger partial charge in [0.05, 0.1) is 4.90 Å². The Bertz CT molecular complexity index is 605. The first kappa shape index (κ1) is 16.5. The van der Waals surface area contributed by atoms with Crippen LogP contribution in [0.4, 0.5) is 0 Å².